The van der Waals surface area contributed by atoms with E-state index in [1.165, 1.54) is 0 Å². The van der Waals surface area contributed by atoms with Gasteiger partial charge >= 0.3 is 0 Å². The second-order valence-electron chi connectivity index (χ2n) is 6.77. The molecule has 2 amide bonds. The lowest BCUT2D eigenvalue weighted by Crippen LogP contribution is -2.50. The minimum Gasteiger partial charge on any atom is -0.478 e. The molecule has 1 fully saturated rings. The summed E-state index contributed by atoms with van der Waals surface area (Å²) in [5, 5.41) is 0. The van der Waals surface area contributed by atoms with Crippen LogP contribution in [-0.2, 0) is 9.59 Å². The summed E-state index contributed by atoms with van der Waals surface area (Å²) in [6.07, 6.45) is 2.91. The molecule has 0 saturated carbocycles. The van der Waals surface area contributed by atoms with Crippen molar-refractivity contribution < 1.29 is 14.3 Å². The maximum atomic E-state index is 12.8. The number of anilines is 1. The van der Waals surface area contributed by atoms with E-state index in [9.17, 15) is 9.59 Å². The third-order valence-electron chi connectivity index (χ3n) is 5.08. The van der Waals surface area contributed by atoms with E-state index < -0.39 is 6.10 Å². The van der Waals surface area contributed by atoms with Crippen molar-refractivity contribution in [2.24, 2.45) is 5.73 Å². The summed E-state index contributed by atoms with van der Waals surface area (Å²) in [5.41, 5.74) is 7.75. The van der Waals surface area contributed by atoms with Crippen molar-refractivity contribution in [2.75, 3.05) is 24.5 Å². The molecule has 0 spiro atoms. The molecule has 0 aromatic heterocycles. The summed E-state index contributed by atoms with van der Waals surface area (Å²) in [7, 11) is 0. The first-order valence-electron chi connectivity index (χ1n) is 9.20. The number of hydrogen-bond acceptors (Lipinski definition) is 4. The summed E-state index contributed by atoms with van der Waals surface area (Å²) >= 11 is 0. The van der Waals surface area contributed by atoms with Gasteiger partial charge in [-0.15, -0.1) is 0 Å². The highest BCUT2D eigenvalue weighted by Gasteiger charge is 2.35. The molecule has 25 heavy (non-hydrogen) atoms. The third kappa shape index (κ3) is 3.49. The fourth-order valence-electron chi connectivity index (χ4n) is 3.43. The molecule has 2 N–H and O–H groups in total. The standard InChI is InChI=1S/C19H27N3O3/c1-3-14(20)13-7-8-17-15(11-13)22(19(24)16(4-2)25-17)12-18(23)21-9-5-6-10-21/h7-8,11,14,16H,3-6,9-10,12,20H2,1-2H3. The highest BCUT2D eigenvalue weighted by molar-refractivity contribution is 6.04. The van der Waals surface area contributed by atoms with Gasteiger partial charge in [-0.1, -0.05) is 19.9 Å². The highest BCUT2D eigenvalue weighted by Crippen LogP contribution is 2.37. The van der Waals surface area contributed by atoms with Crippen LogP contribution >= 0.6 is 0 Å². The number of rotatable bonds is 5. The summed E-state index contributed by atoms with van der Waals surface area (Å²) in [6.45, 7) is 5.56. The molecule has 3 rings (SSSR count). The normalized spacial score (nSPS) is 21.1. The Hall–Kier alpha value is -2.08. The molecule has 136 valence electrons. The molecule has 1 aromatic carbocycles. The monoisotopic (exact) mass is 345 g/mol. The Morgan fingerprint density at radius 2 is 2.04 bits per heavy atom. The van der Waals surface area contributed by atoms with Crippen LogP contribution in [0, 0.1) is 0 Å². The van der Waals surface area contributed by atoms with E-state index in [4.69, 9.17) is 10.5 Å². The third-order valence-corrected chi connectivity index (χ3v) is 5.08. The van der Waals surface area contributed by atoms with Crippen LogP contribution in [0.25, 0.3) is 0 Å². The number of nitrogens with zero attached hydrogens (tertiary/aromatic N) is 2. The van der Waals surface area contributed by atoms with E-state index in [0.29, 0.717) is 17.9 Å². The number of carbonyl (C=O) groups is 2. The Balaban J connectivity index is 1.91. The van der Waals surface area contributed by atoms with Gasteiger partial charge in [0.05, 0.1) is 5.69 Å². The number of amides is 2. The Morgan fingerprint density at radius 3 is 2.68 bits per heavy atom. The number of hydrogen-bond donors (Lipinski definition) is 1. The molecule has 2 unspecified atom stereocenters. The molecule has 6 heteroatoms. The van der Waals surface area contributed by atoms with Crippen LogP contribution in [0.3, 0.4) is 0 Å². The molecule has 1 saturated heterocycles. The molecule has 2 heterocycles. The van der Waals surface area contributed by atoms with Crippen molar-refractivity contribution >= 4 is 17.5 Å². The van der Waals surface area contributed by atoms with Gasteiger partial charge in [0, 0.05) is 19.1 Å². The van der Waals surface area contributed by atoms with Crippen molar-refractivity contribution in [3.63, 3.8) is 0 Å². The van der Waals surface area contributed by atoms with Crippen LogP contribution in [0.4, 0.5) is 5.69 Å². The van der Waals surface area contributed by atoms with E-state index in [0.717, 1.165) is 37.9 Å². The van der Waals surface area contributed by atoms with E-state index in [1.807, 2.05) is 36.9 Å². The van der Waals surface area contributed by atoms with Crippen LogP contribution in [0.15, 0.2) is 18.2 Å². The summed E-state index contributed by atoms with van der Waals surface area (Å²) in [4.78, 5) is 28.8. The van der Waals surface area contributed by atoms with Gasteiger partial charge in [0.1, 0.15) is 12.3 Å². The predicted molar refractivity (Wildman–Crippen MR) is 96.5 cm³/mol. The number of benzene rings is 1. The van der Waals surface area contributed by atoms with Crippen LogP contribution in [0.1, 0.15) is 51.1 Å². The molecule has 2 aliphatic heterocycles. The topological polar surface area (TPSA) is 75.9 Å². The first-order chi connectivity index (χ1) is 12.0. The van der Waals surface area contributed by atoms with Gasteiger partial charge in [-0.3, -0.25) is 14.5 Å². The number of nitrogens with two attached hydrogens (primary N) is 1. The molecular formula is C19H27N3O3. The molecule has 2 atom stereocenters. The lowest BCUT2D eigenvalue weighted by atomic mass is 10.0. The average molecular weight is 345 g/mol. The van der Waals surface area contributed by atoms with Crippen LogP contribution in [0.2, 0.25) is 0 Å². The second-order valence-corrected chi connectivity index (χ2v) is 6.77. The Bertz CT molecular complexity index is 655. The Kier molecular flexibility index (Phi) is 5.27. The van der Waals surface area contributed by atoms with Crippen molar-refractivity contribution in [1.29, 1.82) is 0 Å². The van der Waals surface area contributed by atoms with Gasteiger partial charge in [-0.25, -0.2) is 0 Å². The zero-order valence-electron chi connectivity index (χ0n) is 15.0. The maximum absolute atomic E-state index is 12.8. The summed E-state index contributed by atoms with van der Waals surface area (Å²) < 4.78 is 5.84. The quantitative estimate of drug-likeness (QED) is 0.888. The fourth-order valence-corrected chi connectivity index (χ4v) is 3.43. The smallest absolute Gasteiger partial charge is 0.268 e. The molecule has 6 nitrogen and oxygen atoms in total. The average Bonchev–Trinajstić information content (AvgIpc) is 3.17. The van der Waals surface area contributed by atoms with Crippen LogP contribution < -0.4 is 15.4 Å². The van der Waals surface area contributed by atoms with Gasteiger partial charge in [0.2, 0.25) is 5.91 Å². The van der Waals surface area contributed by atoms with Gasteiger partial charge in [-0.2, -0.15) is 0 Å². The van der Waals surface area contributed by atoms with Crippen molar-refractivity contribution in [3.05, 3.63) is 23.8 Å². The van der Waals surface area contributed by atoms with E-state index >= 15 is 0 Å². The van der Waals surface area contributed by atoms with Gasteiger partial charge < -0.3 is 15.4 Å². The Morgan fingerprint density at radius 1 is 1.32 bits per heavy atom. The van der Waals surface area contributed by atoms with Crippen molar-refractivity contribution in [2.45, 2.75) is 51.7 Å². The first-order valence-corrected chi connectivity index (χ1v) is 9.20. The number of fused-ring (bicyclic) bond motifs is 1. The van der Waals surface area contributed by atoms with E-state index in [1.54, 1.807) is 4.90 Å². The molecule has 1 aromatic rings. The number of carbonyl (C=O) groups excluding carboxylic acids is 2. The fraction of sp³-hybridized carbons (Fsp3) is 0.579. The predicted octanol–water partition coefficient (Wildman–Crippen LogP) is 2.22. The summed E-state index contributed by atoms with van der Waals surface area (Å²) in [5.74, 6) is 0.497. The van der Waals surface area contributed by atoms with Crippen molar-refractivity contribution in [3.8, 4) is 5.75 Å². The zero-order chi connectivity index (χ0) is 18.0. The minimum atomic E-state index is -0.537. The molecule has 0 radical (unpaired) electrons. The SMILES string of the molecule is CCC1Oc2ccc(C(N)CC)cc2N(CC(=O)N2CCCC2)C1=O. The lowest BCUT2D eigenvalue weighted by molar-refractivity contribution is -0.132. The molecule has 0 bridgehead atoms. The van der Waals surface area contributed by atoms with Crippen LogP contribution in [0.5, 0.6) is 5.75 Å². The zero-order valence-corrected chi connectivity index (χ0v) is 15.0. The number of likely N-dealkylation sites (tertiary alicyclic amines) is 1. The molecule has 2 aliphatic rings. The Labute approximate surface area is 148 Å². The summed E-state index contributed by atoms with van der Waals surface area (Å²) in [6, 6.07) is 5.60. The molecule has 0 aliphatic carbocycles. The van der Waals surface area contributed by atoms with E-state index in [-0.39, 0.29) is 24.4 Å². The number of ether oxygens (including phenoxy) is 1. The van der Waals surface area contributed by atoms with Crippen molar-refractivity contribution in [1.82, 2.24) is 4.90 Å². The maximum Gasteiger partial charge on any atom is 0.268 e. The minimum absolute atomic E-state index is 0.00116. The molecular weight excluding hydrogens is 318 g/mol. The lowest BCUT2D eigenvalue weighted by Gasteiger charge is -2.35. The van der Waals surface area contributed by atoms with Gasteiger partial charge in [0.25, 0.3) is 5.91 Å². The first kappa shape index (κ1) is 17.7. The van der Waals surface area contributed by atoms with Gasteiger partial charge in [-0.05, 0) is 43.4 Å². The largest absolute Gasteiger partial charge is 0.478 e. The highest BCUT2D eigenvalue weighted by atomic mass is 16.5. The van der Waals surface area contributed by atoms with Gasteiger partial charge in [0.15, 0.2) is 6.10 Å². The van der Waals surface area contributed by atoms with Crippen LogP contribution in [-0.4, -0.2) is 42.5 Å². The van der Waals surface area contributed by atoms with E-state index in [2.05, 4.69) is 0 Å². The second kappa shape index (κ2) is 7.44.